The number of benzene rings is 2. The molecule has 0 bridgehead atoms. The summed E-state index contributed by atoms with van der Waals surface area (Å²) < 4.78 is 18.8. The molecule has 0 aromatic heterocycles. The maximum atomic E-state index is 13.2. The Hall–Kier alpha value is -2.07. The summed E-state index contributed by atoms with van der Waals surface area (Å²) in [5.74, 6) is 0.310. The van der Waals surface area contributed by atoms with Gasteiger partial charge in [0.2, 0.25) is 0 Å². The minimum atomic E-state index is -0.282. The van der Waals surface area contributed by atoms with Crippen LogP contribution in [-0.4, -0.2) is 6.61 Å². The predicted octanol–water partition coefficient (Wildman–Crippen LogP) is 3.73. The number of rotatable bonds is 7. The van der Waals surface area contributed by atoms with Gasteiger partial charge < -0.3 is 10.2 Å². The van der Waals surface area contributed by atoms with Crippen LogP contribution in [0.15, 0.2) is 48.5 Å². The van der Waals surface area contributed by atoms with Gasteiger partial charge >= 0.3 is 0 Å². The van der Waals surface area contributed by atoms with Crippen molar-refractivity contribution in [1.82, 2.24) is 5.43 Å². The van der Waals surface area contributed by atoms with Gasteiger partial charge in [0.1, 0.15) is 11.6 Å². The van der Waals surface area contributed by atoms with Crippen LogP contribution in [0.4, 0.5) is 10.1 Å². The van der Waals surface area contributed by atoms with E-state index in [0.717, 1.165) is 17.7 Å². The maximum Gasteiger partial charge on any atom is 0.126 e. The minimum Gasteiger partial charge on any atom is -0.493 e. The third kappa shape index (κ3) is 4.24. The van der Waals surface area contributed by atoms with Crippen molar-refractivity contribution in [3.05, 3.63) is 59.9 Å². The Morgan fingerprint density at radius 1 is 1.10 bits per heavy atom. The first-order valence-electron chi connectivity index (χ1n) is 6.74. The lowest BCUT2D eigenvalue weighted by molar-refractivity contribution is 0.312. The monoisotopic (exact) mass is 274 g/mol. The minimum absolute atomic E-state index is 0.282. The van der Waals surface area contributed by atoms with Crippen LogP contribution in [0.25, 0.3) is 0 Å². The van der Waals surface area contributed by atoms with E-state index >= 15 is 0 Å². The summed E-state index contributed by atoms with van der Waals surface area (Å²) in [5.41, 5.74) is 8.09. The number of nitrogens with one attached hydrogen (secondary N) is 2. The van der Waals surface area contributed by atoms with Crippen LogP contribution in [0.2, 0.25) is 0 Å². The normalized spacial score (nSPS) is 10.3. The van der Waals surface area contributed by atoms with E-state index in [0.29, 0.717) is 18.9 Å². The Morgan fingerprint density at radius 3 is 2.65 bits per heavy atom. The van der Waals surface area contributed by atoms with Gasteiger partial charge in [0.05, 0.1) is 6.61 Å². The van der Waals surface area contributed by atoms with Gasteiger partial charge in [0.25, 0.3) is 0 Å². The van der Waals surface area contributed by atoms with E-state index in [-0.39, 0.29) is 5.82 Å². The summed E-state index contributed by atoms with van der Waals surface area (Å²) in [6.07, 6.45) is 0.894. The Balaban J connectivity index is 1.94. The van der Waals surface area contributed by atoms with Crippen LogP contribution < -0.4 is 15.6 Å². The van der Waals surface area contributed by atoms with Crippen molar-refractivity contribution >= 4 is 5.69 Å². The second kappa shape index (κ2) is 7.50. The largest absolute Gasteiger partial charge is 0.493 e. The van der Waals surface area contributed by atoms with Gasteiger partial charge in [-0.15, -0.1) is 0 Å². The molecule has 0 atom stereocenters. The molecule has 0 radical (unpaired) electrons. The van der Waals surface area contributed by atoms with Crippen molar-refractivity contribution in [2.75, 3.05) is 12.0 Å². The zero-order chi connectivity index (χ0) is 14.2. The zero-order valence-corrected chi connectivity index (χ0v) is 11.5. The molecule has 2 rings (SSSR count). The number of hydrogen-bond acceptors (Lipinski definition) is 3. The molecule has 0 saturated heterocycles. The van der Waals surface area contributed by atoms with E-state index in [1.807, 2.05) is 37.3 Å². The van der Waals surface area contributed by atoms with E-state index in [9.17, 15) is 4.39 Å². The number of halogens is 1. The van der Waals surface area contributed by atoms with Crippen LogP contribution in [0.1, 0.15) is 18.9 Å². The Morgan fingerprint density at radius 2 is 1.90 bits per heavy atom. The first kappa shape index (κ1) is 14.3. The predicted molar refractivity (Wildman–Crippen MR) is 79.1 cm³/mol. The molecule has 0 aliphatic heterocycles. The van der Waals surface area contributed by atoms with Crippen molar-refractivity contribution < 1.29 is 9.13 Å². The van der Waals surface area contributed by atoms with E-state index < -0.39 is 0 Å². The molecule has 2 aromatic carbocycles. The van der Waals surface area contributed by atoms with Gasteiger partial charge in [-0.25, -0.2) is 9.82 Å². The molecule has 0 amide bonds. The molecule has 4 heteroatoms. The lowest BCUT2D eigenvalue weighted by Gasteiger charge is -2.13. The number of para-hydroxylation sites is 1. The Bertz CT molecular complexity index is 531. The quantitative estimate of drug-likeness (QED) is 0.755. The molecule has 0 saturated carbocycles. The smallest absolute Gasteiger partial charge is 0.126 e. The molecule has 2 aromatic rings. The lowest BCUT2D eigenvalue weighted by atomic mass is 10.2. The lowest BCUT2D eigenvalue weighted by Crippen LogP contribution is -2.21. The van der Waals surface area contributed by atoms with Crippen LogP contribution in [-0.2, 0) is 6.54 Å². The molecule has 0 spiro atoms. The van der Waals surface area contributed by atoms with Gasteiger partial charge in [0.15, 0.2) is 0 Å². The Labute approximate surface area is 118 Å². The molecular weight excluding hydrogens is 255 g/mol. The van der Waals surface area contributed by atoms with Crippen LogP contribution in [0.5, 0.6) is 5.75 Å². The summed E-state index contributed by atoms with van der Waals surface area (Å²) in [5, 5.41) is 0. The van der Waals surface area contributed by atoms with E-state index in [1.165, 1.54) is 12.1 Å². The highest BCUT2D eigenvalue weighted by Crippen LogP contribution is 2.20. The van der Waals surface area contributed by atoms with E-state index in [4.69, 9.17) is 4.74 Å². The van der Waals surface area contributed by atoms with Gasteiger partial charge in [-0.1, -0.05) is 31.2 Å². The second-order valence-corrected chi connectivity index (χ2v) is 4.45. The highest BCUT2D eigenvalue weighted by Gasteiger charge is 2.05. The first-order chi connectivity index (χ1) is 9.79. The van der Waals surface area contributed by atoms with E-state index in [2.05, 4.69) is 10.9 Å². The molecule has 3 nitrogen and oxygen atoms in total. The van der Waals surface area contributed by atoms with Gasteiger partial charge in [-0.2, -0.15) is 0 Å². The van der Waals surface area contributed by atoms with Gasteiger partial charge in [-0.05, 0) is 24.6 Å². The fourth-order valence-electron chi connectivity index (χ4n) is 1.78. The molecule has 2 N–H and O–H groups in total. The SMILES string of the molecule is CCCOc1cc(F)ccc1CNNc1ccccc1. The molecule has 0 fully saturated rings. The fourth-order valence-corrected chi connectivity index (χ4v) is 1.78. The second-order valence-electron chi connectivity index (χ2n) is 4.45. The average Bonchev–Trinajstić information content (AvgIpc) is 2.48. The number of anilines is 1. The topological polar surface area (TPSA) is 33.3 Å². The standard InChI is InChI=1S/C16H19FN2O/c1-2-10-20-16-11-14(17)9-8-13(16)12-18-19-15-6-4-3-5-7-15/h3-9,11,18-19H,2,10,12H2,1H3. The first-order valence-corrected chi connectivity index (χ1v) is 6.74. The molecule has 106 valence electrons. The maximum absolute atomic E-state index is 13.2. The summed E-state index contributed by atoms with van der Waals surface area (Å²) in [6.45, 7) is 3.16. The third-order valence-electron chi connectivity index (χ3n) is 2.78. The average molecular weight is 274 g/mol. The van der Waals surface area contributed by atoms with Crippen molar-refractivity contribution in [3.63, 3.8) is 0 Å². The summed E-state index contributed by atoms with van der Waals surface area (Å²) in [6, 6.07) is 14.4. The molecule has 0 heterocycles. The van der Waals surface area contributed by atoms with Gasteiger partial charge in [-0.3, -0.25) is 0 Å². The van der Waals surface area contributed by atoms with Crippen molar-refractivity contribution in [3.8, 4) is 5.75 Å². The summed E-state index contributed by atoms with van der Waals surface area (Å²) >= 11 is 0. The van der Waals surface area contributed by atoms with Crippen molar-refractivity contribution in [2.45, 2.75) is 19.9 Å². The molecule has 0 aliphatic rings. The van der Waals surface area contributed by atoms with Crippen LogP contribution in [0, 0.1) is 5.82 Å². The zero-order valence-electron chi connectivity index (χ0n) is 11.5. The summed E-state index contributed by atoms with van der Waals surface area (Å²) in [7, 11) is 0. The van der Waals surface area contributed by atoms with Crippen molar-refractivity contribution in [2.24, 2.45) is 0 Å². The van der Waals surface area contributed by atoms with Crippen molar-refractivity contribution in [1.29, 1.82) is 0 Å². The van der Waals surface area contributed by atoms with E-state index in [1.54, 1.807) is 6.07 Å². The Kier molecular flexibility index (Phi) is 5.38. The molecular formula is C16H19FN2O. The number of hydrogen-bond donors (Lipinski definition) is 2. The molecule has 20 heavy (non-hydrogen) atoms. The number of hydrazine groups is 1. The van der Waals surface area contributed by atoms with Gasteiger partial charge in [0, 0.05) is 23.9 Å². The third-order valence-corrected chi connectivity index (χ3v) is 2.78. The highest BCUT2D eigenvalue weighted by atomic mass is 19.1. The number of ether oxygens (including phenoxy) is 1. The fraction of sp³-hybridized carbons (Fsp3) is 0.250. The molecule has 0 aliphatic carbocycles. The molecule has 0 unspecified atom stereocenters. The van der Waals surface area contributed by atoms with Crippen LogP contribution >= 0.6 is 0 Å². The highest BCUT2D eigenvalue weighted by molar-refractivity contribution is 5.41. The van der Waals surface area contributed by atoms with Crippen LogP contribution in [0.3, 0.4) is 0 Å². The summed E-state index contributed by atoms with van der Waals surface area (Å²) in [4.78, 5) is 0.